The molecule has 4 amide bonds. The Balaban J connectivity index is 0.000000124. The molecule has 4 N–H and O–H groups in total. The number of fused-ring (bicyclic) bond motifs is 4. The first kappa shape index (κ1) is 90.2. The van der Waals surface area contributed by atoms with Crippen molar-refractivity contribution in [3.63, 3.8) is 0 Å². The summed E-state index contributed by atoms with van der Waals surface area (Å²) in [5, 5.41) is 15.2. The number of aryl methyl sites for hydroxylation is 3. The van der Waals surface area contributed by atoms with Gasteiger partial charge >= 0.3 is 0 Å². The van der Waals surface area contributed by atoms with E-state index in [1.807, 2.05) is 185 Å². The smallest absolute Gasteiger partial charge is 0.255 e. The molecule has 0 spiro atoms. The third kappa shape index (κ3) is 20.3. The topological polar surface area (TPSA) is 343 Å². The molecule has 4 aliphatic heterocycles. The van der Waals surface area contributed by atoms with Gasteiger partial charge in [0.1, 0.15) is 5.82 Å². The molecule has 4 aliphatic rings. The summed E-state index contributed by atoms with van der Waals surface area (Å²) >= 11 is 6.42. The highest BCUT2D eigenvalue weighted by Crippen LogP contribution is 2.38. The fourth-order valence-electron chi connectivity index (χ4n) is 16.2. The lowest BCUT2D eigenvalue weighted by molar-refractivity contribution is 0.101. The Morgan fingerprint density at radius 3 is 1.14 bits per heavy atom. The number of anilines is 8. The first-order chi connectivity index (χ1) is 64.0. The molecule has 4 saturated heterocycles. The van der Waals surface area contributed by atoms with Crippen LogP contribution in [0, 0.1) is 26.6 Å². The Morgan fingerprint density at radius 2 is 0.692 bits per heavy atom. The van der Waals surface area contributed by atoms with Gasteiger partial charge in [0, 0.05) is 123 Å². The minimum absolute atomic E-state index is 0.00398. The molecule has 4 fully saturated rings. The number of sulfonamides is 4. The van der Waals surface area contributed by atoms with Gasteiger partial charge in [-0.05, 0) is 281 Å². The van der Waals surface area contributed by atoms with Gasteiger partial charge in [-0.15, -0.1) is 0 Å². The molecule has 0 saturated carbocycles. The van der Waals surface area contributed by atoms with Crippen LogP contribution < -0.4 is 38.5 Å². The maximum atomic E-state index is 14.7. The zero-order chi connectivity index (χ0) is 92.9. The van der Waals surface area contributed by atoms with Crippen LogP contribution in [-0.2, 0) is 40.1 Å². The minimum atomic E-state index is -3.51. The van der Waals surface area contributed by atoms with Gasteiger partial charge in [-0.1, -0.05) is 78.3 Å². The van der Waals surface area contributed by atoms with E-state index in [4.69, 9.17) is 21.6 Å². The summed E-state index contributed by atoms with van der Waals surface area (Å²) in [5.41, 5.74) is 19.4. The van der Waals surface area contributed by atoms with Crippen molar-refractivity contribution in [3.05, 3.63) is 347 Å². The molecular formula is C101H86ClFN14O12S4. The van der Waals surface area contributed by atoms with Crippen molar-refractivity contribution in [2.45, 2.75) is 46.5 Å². The van der Waals surface area contributed by atoms with Gasteiger partial charge in [-0.3, -0.25) is 51.4 Å². The molecule has 32 heteroatoms. The predicted molar refractivity (Wildman–Crippen MR) is 524 cm³/mol. The Kier molecular flexibility index (Phi) is 26.0. The fraction of sp³-hybridized carbons (Fsp3) is 0.149. The zero-order valence-electron chi connectivity index (χ0n) is 72.0. The second-order valence-corrected chi connectivity index (χ2v) is 40.6. The lowest BCUT2D eigenvalue weighted by Crippen LogP contribution is -2.26. The van der Waals surface area contributed by atoms with Crippen LogP contribution in [-0.4, -0.2) is 136 Å². The zero-order valence-corrected chi connectivity index (χ0v) is 76.1. The molecule has 20 rings (SSSR count). The van der Waals surface area contributed by atoms with E-state index in [-0.39, 0.29) is 58.5 Å². The molecule has 133 heavy (non-hydrogen) atoms. The highest BCUT2D eigenvalue weighted by Gasteiger charge is 2.34. The van der Waals surface area contributed by atoms with Crippen molar-refractivity contribution in [3.8, 4) is 45.0 Å². The van der Waals surface area contributed by atoms with Crippen molar-refractivity contribution >= 4 is 165 Å². The average Bonchev–Trinajstić information content (AvgIpc) is 1.58. The summed E-state index contributed by atoms with van der Waals surface area (Å²) in [6.45, 7) is 7.64. The number of hydrogen-bond acceptors (Lipinski definition) is 18. The van der Waals surface area contributed by atoms with E-state index in [0.29, 0.717) is 118 Å². The molecular weight excluding hydrogens is 1780 g/mol. The number of nitrogens with zero attached hydrogens (tertiary/aromatic N) is 10. The molecule has 0 radical (unpaired) electrons. The molecule has 0 unspecified atom stereocenters. The maximum Gasteiger partial charge on any atom is 0.255 e. The average molecular weight is 1870 g/mol. The van der Waals surface area contributed by atoms with Crippen LogP contribution in [0.2, 0.25) is 5.02 Å². The monoisotopic (exact) mass is 1870 g/mol. The molecule has 26 nitrogen and oxygen atoms in total. The Bertz CT molecular complexity index is 7220. The van der Waals surface area contributed by atoms with Crippen LogP contribution in [0.5, 0.6) is 0 Å². The largest absolute Gasteiger partial charge is 0.322 e. The first-order valence-electron chi connectivity index (χ1n) is 42.7. The molecule has 16 aromatic rings. The van der Waals surface area contributed by atoms with Gasteiger partial charge in [0.25, 0.3) is 23.6 Å². The second kappa shape index (κ2) is 38.4. The number of pyridine rings is 6. The number of aromatic nitrogens is 6. The van der Waals surface area contributed by atoms with E-state index in [1.165, 1.54) is 25.0 Å². The highest BCUT2D eigenvalue weighted by atomic mass is 35.5. The van der Waals surface area contributed by atoms with Gasteiger partial charge in [0.15, 0.2) is 0 Å². The number of hydrogen-bond donors (Lipinski definition) is 4. The van der Waals surface area contributed by atoms with Crippen molar-refractivity contribution < 1.29 is 57.2 Å². The Morgan fingerprint density at radius 1 is 0.323 bits per heavy atom. The molecule has 10 aromatic carbocycles. The van der Waals surface area contributed by atoms with Crippen LogP contribution >= 0.6 is 11.6 Å². The van der Waals surface area contributed by atoms with Crippen LogP contribution in [0.1, 0.15) is 83.8 Å². The maximum absolute atomic E-state index is 14.7. The van der Waals surface area contributed by atoms with Crippen molar-refractivity contribution in [2.24, 2.45) is 0 Å². The van der Waals surface area contributed by atoms with Crippen LogP contribution in [0.3, 0.4) is 0 Å². The van der Waals surface area contributed by atoms with E-state index in [9.17, 15) is 57.2 Å². The summed E-state index contributed by atoms with van der Waals surface area (Å²) in [4.78, 5) is 78.6. The van der Waals surface area contributed by atoms with Crippen LogP contribution in [0.25, 0.3) is 88.8 Å². The molecule has 0 atom stereocenters. The Hall–Kier alpha value is -14.8. The number of benzene rings is 10. The summed E-state index contributed by atoms with van der Waals surface area (Å²) in [6, 6.07) is 82.8. The number of halogens is 2. The molecule has 6 aromatic heterocycles. The third-order valence-corrected chi connectivity index (χ3v) is 30.9. The first-order valence-corrected chi connectivity index (χ1v) is 49.5. The number of carbonyl (C=O) groups excluding carboxylic acids is 4. The van der Waals surface area contributed by atoms with E-state index in [1.54, 1.807) is 116 Å². The van der Waals surface area contributed by atoms with E-state index >= 15 is 0 Å². The highest BCUT2D eigenvalue weighted by molar-refractivity contribution is 7.94. The van der Waals surface area contributed by atoms with Gasteiger partial charge < -0.3 is 21.3 Å². The fourth-order valence-corrected chi connectivity index (χ4v) is 22.6. The van der Waals surface area contributed by atoms with Gasteiger partial charge in [0.2, 0.25) is 40.1 Å². The summed E-state index contributed by atoms with van der Waals surface area (Å²) in [5.74, 6) is -1.60. The number of rotatable bonds is 16. The minimum Gasteiger partial charge on any atom is -0.322 e. The lowest BCUT2D eigenvalue weighted by atomic mass is 9.99. The van der Waals surface area contributed by atoms with Crippen molar-refractivity contribution in [1.82, 2.24) is 29.9 Å². The number of carbonyl (C=O) groups is 4. The van der Waals surface area contributed by atoms with E-state index < -0.39 is 51.8 Å². The summed E-state index contributed by atoms with van der Waals surface area (Å²) in [7, 11) is -13.3. The molecule has 10 heterocycles. The number of amides is 4. The van der Waals surface area contributed by atoms with E-state index in [0.717, 1.165) is 105 Å². The van der Waals surface area contributed by atoms with Crippen LogP contribution in [0.15, 0.2) is 298 Å². The SMILES string of the molecule is Cc1ccc(NC(=O)c2ccc(N3CCCS3(=O)=O)c(F)c2)cc1-c1nccc2ccccc12.Cc1ccc(NC(=O)c2ccc(N3CCCS3(=O)=O)cc2)cc1-c1ccc2ccccc2n1.Cc1ccc(NC(=O)c2ccc(N3CCCS3(=O)=O)cc2)cc1-c1ccc2ncccc2n1.O=C(Nc1ccc(Cl)c(-c2ccc3ncccc3n2)c1)c1ccc(N2CCCS2(=O)=O)cc1. The van der Waals surface area contributed by atoms with Gasteiger partial charge in [-0.25, -0.2) is 53.0 Å². The standard InChI is InChI=1S/C26H22FN3O3S.C26H23N3O3S.C25H22N4O3S.C24H19ClN4O3S/c1-17-7-9-20(16-22(17)25-21-6-3-2-5-18(21)11-12-28-25)29-26(31)19-8-10-24(23(27)15-19)30-13-4-14-34(30,32)33;1-18-7-11-21(17-23(18)25-14-10-19-5-2-3-6-24(19)28-25)27-26(30)20-8-12-22(13-9-20)29-15-4-16-33(29,31)32;1-17-5-8-19(16-21(17)22-11-12-23-24(28-22)4-2-13-26-23)27-25(30)18-6-9-20(10-7-18)29-14-3-15-33(29,31)32;25-20-9-6-17(15-19(20)21-10-11-22-23(28-21)3-1-12-26-22)27-24(30)16-4-7-18(8-5-16)29-13-2-14-33(29,31)32/h2-3,5-12,15-16H,4,13-14H2,1H3,(H,29,31);2-3,5-14,17H,4,15-16H2,1H3,(H,27,30);2,4-13,16H,3,14-15H2,1H3,(H,27,30);1,3-12,15H,2,13-14H2,(H,27,30). The van der Waals surface area contributed by atoms with Crippen LogP contribution in [0.4, 0.5) is 49.9 Å². The number of nitrogens with one attached hydrogen (secondary N) is 4. The predicted octanol–water partition coefficient (Wildman–Crippen LogP) is 19.3. The van der Waals surface area contributed by atoms with E-state index in [2.05, 4.69) is 41.2 Å². The Labute approximate surface area is 772 Å². The van der Waals surface area contributed by atoms with Gasteiger partial charge in [0.05, 0.1) is 101 Å². The summed E-state index contributed by atoms with van der Waals surface area (Å²) < 4.78 is 117. The molecule has 0 aliphatic carbocycles. The molecule has 670 valence electrons. The lowest BCUT2D eigenvalue weighted by Gasteiger charge is -2.18. The van der Waals surface area contributed by atoms with Crippen molar-refractivity contribution in [1.29, 1.82) is 0 Å². The quantitative estimate of drug-likeness (QED) is 0.0698. The van der Waals surface area contributed by atoms with Gasteiger partial charge in [-0.2, -0.15) is 0 Å². The molecule has 0 bridgehead atoms. The summed E-state index contributed by atoms with van der Waals surface area (Å²) in [6.07, 6.45) is 7.49. The third-order valence-electron chi connectivity index (χ3n) is 23.1. The second-order valence-electron chi connectivity index (χ2n) is 32.1. The number of para-hydroxylation sites is 1. The van der Waals surface area contributed by atoms with Crippen molar-refractivity contribution in [2.75, 3.05) is 87.7 Å². The normalized spacial score (nSPS) is 15.0.